The molecule has 0 aromatic heterocycles. The quantitative estimate of drug-likeness (QED) is 0.774. The molecule has 19 heavy (non-hydrogen) atoms. The summed E-state index contributed by atoms with van der Waals surface area (Å²) < 4.78 is 40.5. The summed E-state index contributed by atoms with van der Waals surface area (Å²) in [5, 5.41) is 0. The number of rotatable bonds is 2. The standard InChI is InChI=1S/C13H12F3NO2/c1-4-12(2)9-7-8(19-13(14,15)16)5-6-10(9)17(3)11(12)18/h4-7H,1H2,2-3H3/t12-/m1/s1. The molecule has 0 unspecified atom stereocenters. The molecule has 1 atom stereocenters. The molecule has 0 bridgehead atoms. The Morgan fingerprint density at radius 2 is 2.05 bits per heavy atom. The third kappa shape index (κ3) is 2.07. The number of amides is 1. The van der Waals surface area contributed by atoms with E-state index in [0.29, 0.717) is 11.3 Å². The minimum Gasteiger partial charge on any atom is -0.406 e. The second-order valence-corrected chi connectivity index (χ2v) is 4.50. The lowest BCUT2D eigenvalue weighted by Crippen LogP contribution is -2.34. The number of benzene rings is 1. The monoisotopic (exact) mass is 271 g/mol. The first-order valence-corrected chi connectivity index (χ1v) is 5.51. The summed E-state index contributed by atoms with van der Waals surface area (Å²) in [6.45, 7) is 5.21. The maximum atomic E-state index is 12.2. The number of fused-ring (bicyclic) bond motifs is 1. The summed E-state index contributed by atoms with van der Waals surface area (Å²) in [6, 6.07) is 3.85. The van der Waals surface area contributed by atoms with Crippen molar-refractivity contribution in [1.29, 1.82) is 0 Å². The fraction of sp³-hybridized carbons (Fsp3) is 0.308. The summed E-state index contributed by atoms with van der Waals surface area (Å²) in [6.07, 6.45) is -3.33. The largest absolute Gasteiger partial charge is 0.573 e. The average Bonchev–Trinajstić information content (AvgIpc) is 2.50. The second kappa shape index (κ2) is 4.01. The molecule has 0 saturated carbocycles. The van der Waals surface area contributed by atoms with E-state index in [-0.39, 0.29) is 11.7 Å². The Labute approximate surface area is 108 Å². The molecule has 102 valence electrons. The number of halogens is 3. The summed E-state index contributed by atoms with van der Waals surface area (Å²) in [7, 11) is 1.57. The number of anilines is 1. The van der Waals surface area contributed by atoms with Gasteiger partial charge in [-0.3, -0.25) is 4.79 Å². The fourth-order valence-corrected chi connectivity index (χ4v) is 2.19. The summed E-state index contributed by atoms with van der Waals surface area (Å²) in [5.74, 6) is -0.580. The topological polar surface area (TPSA) is 29.5 Å². The van der Waals surface area contributed by atoms with Crippen molar-refractivity contribution in [3.05, 3.63) is 36.4 Å². The number of ether oxygens (including phenoxy) is 1. The van der Waals surface area contributed by atoms with Gasteiger partial charge in [-0.25, -0.2) is 0 Å². The van der Waals surface area contributed by atoms with E-state index in [1.165, 1.54) is 29.2 Å². The van der Waals surface area contributed by atoms with Crippen molar-refractivity contribution in [1.82, 2.24) is 0 Å². The van der Waals surface area contributed by atoms with E-state index in [4.69, 9.17) is 0 Å². The highest BCUT2D eigenvalue weighted by atomic mass is 19.4. The molecular formula is C13H12F3NO2. The van der Waals surface area contributed by atoms with E-state index >= 15 is 0 Å². The van der Waals surface area contributed by atoms with Crippen LogP contribution < -0.4 is 9.64 Å². The highest BCUT2D eigenvalue weighted by Crippen LogP contribution is 2.43. The van der Waals surface area contributed by atoms with Gasteiger partial charge < -0.3 is 9.64 Å². The maximum Gasteiger partial charge on any atom is 0.573 e. The molecule has 1 heterocycles. The highest BCUT2D eigenvalue weighted by Gasteiger charge is 2.44. The Balaban J connectivity index is 2.51. The summed E-state index contributed by atoms with van der Waals surface area (Å²) in [5.41, 5.74) is -0.0200. The zero-order valence-corrected chi connectivity index (χ0v) is 10.4. The van der Waals surface area contributed by atoms with E-state index in [1.54, 1.807) is 14.0 Å². The Kier molecular flexibility index (Phi) is 2.84. The van der Waals surface area contributed by atoms with Gasteiger partial charge in [0.2, 0.25) is 5.91 Å². The van der Waals surface area contributed by atoms with Crippen LogP contribution >= 0.6 is 0 Å². The van der Waals surface area contributed by atoms with Crippen LogP contribution in [-0.2, 0) is 10.2 Å². The van der Waals surface area contributed by atoms with Crippen molar-refractivity contribution in [2.24, 2.45) is 0 Å². The predicted molar refractivity (Wildman–Crippen MR) is 64.1 cm³/mol. The van der Waals surface area contributed by atoms with Gasteiger partial charge in [0.1, 0.15) is 5.75 Å². The van der Waals surface area contributed by atoms with Crippen molar-refractivity contribution >= 4 is 11.6 Å². The molecule has 0 aliphatic carbocycles. The summed E-state index contributed by atoms with van der Waals surface area (Å²) in [4.78, 5) is 13.5. The zero-order valence-electron chi connectivity index (χ0n) is 10.4. The van der Waals surface area contributed by atoms with Gasteiger partial charge in [-0.2, -0.15) is 0 Å². The number of hydrogen-bond donors (Lipinski definition) is 0. The molecule has 1 aromatic rings. The zero-order chi connectivity index (χ0) is 14.4. The van der Waals surface area contributed by atoms with Crippen LogP contribution in [0.1, 0.15) is 12.5 Å². The molecule has 0 radical (unpaired) electrons. The minimum atomic E-state index is -4.76. The minimum absolute atomic E-state index is 0.235. The number of hydrogen-bond acceptors (Lipinski definition) is 2. The van der Waals surface area contributed by atoms with Gasteiger partial charge >= 0.3 is 6.36 Å². The van der Waals surface area contributed by atoms with Crippen LogP contribution in [-0.4, -0.2) is 19.3 Å². The molecule has 1 aliphatic rings. The lowest BCUT2D eigenvalue weighted by molar-refractivity contribution is -0.274. The van der Waals surface area contributed by atoms with E-state index in [9.17, 15) is 18.0 Å². The normalized spacial score (nSPS) is 22.4. The SMILES string of the molecule is C=C[C@@]1(C)C(=O)N(C)c2ccc(OC(F)(F)F)cc21. The van der Waals surface area contributed by atoms with E-state index in [1.807, 2.05) is 0 Å². The van der Waals surface area contributed by atoms with Gasteiger partial charge in [0, 0.05) is 12.7 Å². The predicted octanol–water partition coefficient (Wildman–Crippen LogP) is 3.01. The number of carbonyl (C=O) groups is 1. The third-order valence-electron chi connectivity index (χ3n) is 3.28. The number of carbonyl (C=O) groups excluding carboxylic acids is 1. The van der Waals surface area contributed by atoms with Crippen LogP contribution in [0.2, 0.25) is 0 Å². The van der Waals surface area contributed by atoms with Gasteiger partial charge in [0.15, 0.2) is 0 Å². The molecule has 2 rings (SSSR count). The number of nitrogens with zero attached hydrogens (tertiary/aromatic N) is 1. The van der Waals surface area contributed by atoms with Gasteiger partial charge in [-0.1, -0.05) is 6.08 Å². The lowest BCUT2D eigenvalue weighted by Gasteiger charge is -2.18. The molecule has 0 saturated heterocycles. The van der Waals surface area contributed by atoms with Gasteiger partial charge in [0.25, 0.3) is 0 Å². The molecule has 6 heteroatoms. The molecule has 1 aromatic carbocycles. The van der Waals surface area contributed by atoms with Crippen LogP contribution in [0.25, 0.3) is 0 Å². The van der Waals surface area contributed by atoms with Crippen LogP contribution in [0.4, 0.5) is 18.9 Å². The smallest absolute Gasteiger partial charge is 0.406 e. The van der Waals surface area contributed by atoms with Crippen LogP contribution in [0.15, 0.2) is 30.9 Å². The highest BCUT2D eigenvalue weighted by molar-refractivity contribution is 6.09. The van der Waals surface area contributed by atoms with Crippen LogP contribution in [0, 0.1) is 0 Å². The first-order valence-electron chi connectivity index (χ1n) is 5.51. The molecule has 0 fully saturated rings. The Morgan fingerprint density at radius 3 is 2.58 bits per heavy atom. The molecule has 1 aliphatic heterocycles. The first-order chi connectivity index (χ1) is 8.69. The molecule has 0 N–H and O–H groups in total. The maximum absolute atomic E-state index is 12.2. The van der Waals surface area contributed by atoms with E-state index in [2.05, 4.69) is 11.3 Å². The fourth-order valence-electron chi connectivity index (χ4n) is 2.19. The van der Waals surface area contributed by atoms with Gasteiger partial charge in [-0.15, -0.1) is 19.8 Å². The lowest BCUT2D eigenvalue weighted by atomic mass is 9.84. The number of likely N-dealkylation sites (N-methyl/N-ethyl adjacent to an activating group) is 1. The molecular weight excluding hydrogens is 259 g/mol. The second-order valence-electron chi connectivity index (χ2n) is 4.50. The van der Waals surface area contributed by atoms with Crippen LogP contribution in [0.3, 0.4) is 0 Å². The Morgan fingerprint density at radius 1 is 1.42 bits per heavy atom. The van der Waals surface area contributed by atoms with Crippen molar-refractivity contribution in [2.45, 2.75) is 18.7 Å². The van der Waals surface area contributed by atoms with Crippen molar-refractivity contribution < 1.29 is 22.7 Å². The van der Waals surface area contributed by atoms with E-state index < -0.39 is 11.8 Å². The van der Waals surface area contributed by atoms with E-state index in [0.717, 1.165) is 0 Å². The molecule has 1 amide bonds. The first kappa shape index (κ1) is 13.5. The Hall–Kier alpha value is -1.98. The van der Waals surface area contributed by atoms with Crippen molar-refractivity contribution in [3.8, 4) is 5.75 Å². The summed E-state index contributed by atoms with van der Waals surface area (Å²) >= 11 is 0. The Bertz CT molecular complexity index is 553. The average molecular weight is 271 g/mol. The molecule has 3 nitrogen and oxygen atoms in total. The van der Waals surface area contributed by atoms with Crippen molar-refractivity contribution in [3.63, 3.8) is 0 Å². The van der Waals surface area contributed by atoms with Gasteiger partial charge in [0.05, 0.1) is 5.41 Å². The molecule has 0 spiro atoms. The van der Waals surface area contributed by atoms with Gasteiger partial charge in [-0.05, 0) is 30.7 Å². The van der Waals surface area contributed by atoms with Crippen molar-refractivity contribution in [2.75, 3.05) is 11.9 Å². The van der Waals surface area contributed by atoms with Crippen LogP contribution in [0.5, 0.6) is 5.75 Å². The number of alkyl halides is 3. The third-order valence-corrected chi connectivity index (χ3v) is 3.28.